The number of aryl methyl sites for hydroxylation is 1. The average molecular weight is 221 g/mol. The van der Waals surface area contributed by atoms with Crippen molar-refractivity contribution in [3.8, 4) is 0 Å². The molecule has 1 N–H and O–H groups in total. The van der Waals surface area contributed by atoms with Crippen molar-refractivity contribution in [2.75, 3.05) is 5.32 Å². The number of fused-ring (bicyclic) bond motifs is 1. The molecule has 2 rings (SSSR count). The lowest BCUT2D eigenvalue weighted by atomic mass is 10.2. The minimum Gasteiger partial charge on any atom is -0.326 e. The van der Waals surface area contributed by atoms with Gasteiger partial charge in [0.2, 0.25) is 5.91 Å². The molecule has 0 fully saturated rings. The Morgan fingerprint density at radius 2 is 2.06 bits per heavy atom. The lowest BCUT2D eigenvalue weighted by Crippen LogP contribution is -2.33. The number of hydrogen-bond acceptors (Lipinski definition) is 1. The Balaban J connectivity index is 0.000000606. The molecule has 0 aromatic carbocycles. The predicted octanol–water partition coefficient (Wildman–Crippen LogP) is 1.98. The largest absolute Gasteiger partial charge is 0.326 e. The van der Waals surface area contributed by atoms with Gasteiger partial charge in [-0.05, 0) is 12.8 Å². The van der Waals surface area contributed by atoms with Gasteiger partial charge in [0.1, 0.15) is 7.05 Å². The van der Waals surface area contributed by atoms with Crippen LogP contribution in [0.2, 0.25) is 0 Å². The van der Waals surface area contributed by atoms with Gasteiger partial charge in [-0.2, -0.15) is 0 Å². The third kappa shape index (κ3) is 2.60. The first-order chi connectivity index (χ1) is 7.68. The Labute approximate surface area is 97.5 Å². The molecule has 1 amide bonds. The third-order valence-electron chi connectivity index (χ3n) is 2.72. The highest BCUT2D eigenvalue weighted by molar-refractivity contribution is 5.89. The summed E-state index contributed by atoms with van der Waals surface area (Å²) in [6.07, 6.45) is 5.41. The maximum absolute atomic E-state index is 11.0. The van der Waals surface area contributed by atoms with E-state index in [1.807, 2.05) is 26.1 Å². The third-order valence-corrected chi connectivity index (χ3v) is 2.72. The Kier molecular flexibility index (Phi) is 4.47. The summed E-state index contributed by atoms with van der Waals surface area (Å²) in [6.45, 7) is 5.55. The fourth-order valence-corrected chi connectivity index (χ4v) is 2.09. The molecule has 0 saturated heterocycles. The first kappa shape index (κ1) is 12.7. The molecule has 0 unspecified atom stereocenters. The molecule has 1 aliphatic rings. The smallest absolute Gasteiger partial charge is 0.221 e. The van der Waals surface area contributed by atoms with Gasteiger partial charge < -0.3 is 5.32 Å². The van der Waals surface area contributed by atoms with Gasteiger partial charge in [-0.25, -0.2) is 4.57 Å². The lowest BCUT2D eigenvalue weighted by Gasteiger charge is -2.06. The molecule has 3 nitrogen and oxygen atoms in total. The highest BCUT2D eigenvalue weighted by atomic mass is 16.1. The Morgan fingerprint density at radius 3 is 2.69 bits per heavy atom. The van der Waals surface area contributed by atoms with Crippen molar-refractivity contribution in [3.63, 3.8) is 0 Å². The highest BCUT2D eigenvalue weighted by Crippen LogP contribution is 2.25. The minimum atomic E-state index is 0.00736. The normalized spacial score (nSPS) is 12.5. The molecule has 0 atom stereocenters. The molecular formula is C13H21N2O+. The number of nitrogens with zero attached hydrogens (tertiary/aromatic N) is 1. The van der Waals surface area contributed by atoms with E-state index in [4.69, 9.17) is 0 Å². The van der Waals surface area contributed by atoms with E-state index in [2.05, 4.69) is 16.9 Å². The molecule has 1 aliphatic carbocycles. The number of carbonyl (C=O) groups excluding carboxylic acids is 1. The summed E-state index contributed by atoms with van der Waals surface area (Å²) in [5.41, 5.74) is 3.66. The van der Waals surface area contributed by atoms with E-state index in [0.717, 1.165) is 18.5 Å². The van der Waals surface area contributed by atoms with Gasteiger partial charge >= 0.3 is 0 Å². The van der Waals surface area contributed by atoms with Gasteiger partial charge in [-0.1, -0.05) is 13.8 Å². The number of nitrogens with one attached hydrogen (secondary N) is 1. The second-order valence-electron chi connectivity index (χ2n) is 3.80. The molecule has 1 aromatic rings. The molecule has 0 bridgehead atoms. The van der Waals surface area contributed by atoms with Crippen LogP contribution in [0.5, 0.6) is 0 Å². The van der Waals surface area contributed by atoms with E-state index in [0.29, 0.717) is 0 Å². The van der Waals surface area contributed by atoms with Crippen LogP contribution in [0.1, 0.15) is 38.4 Å². The second kappa shape index (κ2) is 5.64. The van der Waals surface area contributed by atoms with Crippen LogP contribution in [0.25, 0.3) is 0 Å². The van der Waals surface area contributed by atoms with Gasteiger partial charge in [0.15, 0.2) is 11.9 Å². The quantitative estimate of drug-likeness (QED) is 0.723. The van der Waals surface area contributed by atoms with E-state index < -0.39 is 0 Å². The molecule has 3 heteroatoms. The van der Waals surface area contributed by atoms with Crippen LogP contribution in [0.4, 0.5) is 5.69 Å². The van der Waals surface area contributed by atoms with Crippen LogP contribution in [0, 0.1) is 0 Å². The monoisotopic (exact) mass is 221 g/mol. The number of rotatable bonds is 1. The Morgan fingerprint density at radius 1 is 1.38 bits per heavy atom. The fourth-order valence-electron chi connectivity index (χ4n) is 2.09. The number of pyridine rings is 1. The van der Waals surface area contributed by atoms with Crippen molar-refractivity contribution >= 4 is 11.6 Å². The van der Waals surface area contributed by atoms with Crippen molar-refractivity contribution in [2.45, 2.75) is 40.0 Å². The highest BCUT2D eigenvalue weighted by Gasteiger charge is 2.23. The zero-order valence-corrected chi connectivity index (χ0v) is 10.6. The van der Waals surface area contributed by atoms with Crippen LogP contribution >= 0.6 is 0 Å². The number of aromatic nitrogens is 1. The summed E-state index contributed by atoms with van der Waals surface area (Å²) in [7, 11) is 2.06. The number of anilines is 1. The van der Waals surface area contributed by atoms with Crippen molar-refractivity contribution in [1.82, 2.24) is 0 Å². The summed E-state index contributed by atoms with van der Waals surface area (Å²) in [5.74, 6) is 0.00736. The van der Waals surface area contributed by atoms with Crippen LogP contribution < -0.4 is 9.88 Å². The van der Waals surface area contributed by atoms with Gasteiger partial charge in [0, 0.05) is 25.0 Å². The average Bonchev–Trinajstić information content (AvgIpc) is 2.74. The molecule has 0 spiro atoms. The van der Waals surface area contributed by atoms with Gasteiger partial charge in [0.05, 0.1) is 5.69 Å². The standard InChI is InChI=1S/C11H14N2O.C2H6/c1-8(14)12-10-6-7-13(2)11-5-3-4-9(10)11;1-2/h6-7H,3-5H2,1-2H3;1-2H3/p+1. The first-order valence-corrected chi connectivity index (χ1v) is 5.96. The van der Waals surface area contributed by atoms with Gasteiger partial charge in [-0.15, -0.1) is 0 Å². The van der Waals surface area contributed by atoms with Crippen molar-refractivity contribution in [3.05, 3.63) is 23.5 Å². The molecular weight excluding hydrogens is 200 g/mol. The summed E-state index contributed by atoms with van der Waals surface area (Å²) in [4.78, 5) is 11.0. The summed E-state index contributed by atoms with van der Waals surface area (Å²) < 4.78 is 2.15. The van der Waals surface area contributed by atoms with Gasteiger partial charge in [-0.3, -0.25) is 4.79 Å². The molecule has 16 heavy (non-hydrogen) atoms. The van der Waals surface area contributed by atoms with E-state index in [-0.39, 0.29) is 5.91 Å². The summed E-state index contributed by atoms with van der Waals surface area (Å²) >= 11 is 0. The Hall–Kier alpha value is -1.38. The predicted molar refractivity (Wildman–Crippen MR) is 65.3 cm³/mol. The van der Waals surface area contributed by atoms with E-state index in [1.165, 1.54) is 17.7 Å². The fraction of sp³-hybridized carbons (Fsp3) is 0.538. The van der Waals surface area contributed by atoms with E-state index in [9.17, 15) is 4.79 Å². The maximum atomic E-state index is 11.0. The van der Waals surface area contributed by atoms with Crippen LogP contribution in [-0.4, -0.2) is 5.91 Å². The molecule has 0 saturated carbocycles. The van der Waals surface area contributed by atoms with Crippen molar-refractivity contribution in [1.29, 1.82) is 0 Å². The Bertz CT molecular complexity index is 386. The molecule has 0 radical (unpaired) electrons. The minimum absolute atomic E-state index is 0.00736. The molecule has 0 aliphatic heterocycles. The second-order valence-corrected chi connectivity index (χ2v) is 3.80. The van der Waals surface area contributed by atoms with E-state index >= 15 is 0 Å². The summed E-state index contributed by atoms with van der Waals surface area (Å²) in [5, 5.41) is 2.88. The van der Waals surface area contributed by atoms with Crippen LogP contribution in [-0.2, 0) is 24.7 Å². The summed E-state index contributed by atoms with van der Waals surface area (Å²) in [6, 6.07) is 1.98. The number of hydrogen-bond donors (Lipinski definition) is 1. The van der Waals surface area contributed by atoms with Crippen molar-refractivity contribution < 1.29 is 9.36 Å². The molecule has 88 valence electrons. The number of carbonyl (C=O) groups is 1. The molecule has 1 aromatic heterocycles. The zero-order valence-electron chi connectivity index (χ0n) is 10.6. The van der Waals surface area contributed by atoms with Crippen molar-refractivity contribution in [2.24, 2.45) is 7.05 Å². The molecule has 1 heterocycles. The lowest BCUT2D eigenvalue weighted by molar-refractivity contribution is -0.678. The van der Waals surface area contributed by atoms with Crippen LogP contribution in [0.15, 0.2) is 12.3 Å². The zero-order chi connectivity index (χ0) is 12.1. The number of amides is 1. The van der Waals surface area contributed by atoms with Crippen LogP contribution in [0.3, 0.4) is 0 Å². The topological polar surface area (TPSA) is 33.0 Å². The van der Waals surface area contributed by atoms with E-state index in [1.54, 1.807) is 6.92 Å². The van der Waals surface area contributed by atoms with Gasteiger partial charge in [0.25, 0.3) is 0 Å². The maximum Gasteiger partial charge on any atom is 0.221 e. The first-order valence-electron chi connectivity index (χ1n) is 5.96. The SMILES string of the molecule is CC.CC(=O)Nc1cc[n+](C)c2c1CCC2.